The fourth-order valence-corrected chi connectivity index (χ4v) is 7.97. The standard InChI is InChI=1S/C47H78O17P2/c1-3-5-7-8-9-10-11-12-13-14-17-21-24-27-31-35-41(50)62-39(37-61-66(58,59)64-47-44(53)42(51)43(52)46(45(47)54)63-65(55,56)57)36-60-40(49)34-30-26-23-20-18-15-16-19-22-25-29-33-38(48)32-28-6-4-2/h5,7,9-10,12-13,15-16,20,22-23,25,29,33,38-39,42-48,51-54H,3-4,6,8,11,14,17-19,21,24,26-28,30-32,34-37H2,1-2H3,(H,58,59)(H2,55,56,57)/b7-5-,10-9-,13-12-,16-15-,23-20-,25-22-,33-29+/t38-,39-,42?,43?,44?,45?,46-,47+/m1/s1. The molecule has 0 heterocycles. The highest BCUT2D eigenvalue weighted by molar-refractivity contribution is 7.47. The van der Waals surface area contributed by atoms with Crippen LogP contribution >= 0.6 is 15.6 Å². The Kier molecular flexibility index (Phi) is 34.4. The van der Waals surface area contributed by atoms with Gasteiger partial charge in [-0.3, -0.25) is 23.2 Å². The molecule has 1 fully saturated rings. The molecule has 1 saturated carbocycles. The molecule has 66 heavy (non-hydrogen) atoms. The molecular formula is C47H78O17P2. The number of rotatable bonds is 37. The summed E-state index contributed by atoms with van der Waals surface area (Å²) in [5.41, 5.74) is 0. The van der Waals surface area contributed by atoms with Crippen molar-refractivity contribution in [1.29, 1.82) is 0 Å². The number of aliphatic hydroxyl groups excluding tert-OH is 5. The Morgan fingerprint density at radius 1 is 0.576 bits per heavy atom. The number of phosphoric ester groups is 2. The topological polar surface area (TPSA) is 276 Å². The van der Waals surface area contributed by atoms with Crippen LogP contribution in [0.3, 0.4) is 0 Å². The van der Waals surface area contributed by atoms with Crippen LogP contribution in [0.25, 0.3) is 0 Å². The lowest BCUT2D eigenvalue weighted by Gasteiger charge is -2.43. The predicted octanol–water partition coefficient (Wildman–Crippen LogP) is 7.58. The van der Waals surface area contributed by atoms with Gasteiger partial charge >= 0.3 is 27.6 Å². The van der Waals surface area contributed by atoms with Crippen molar-refractivity contribution < 1.29 is 82.0 Å². The first kappa shape index (κ1) is 61.2. The average Bonchev–Trinajstić information content (AvgIpc) is 3.26. The first-order valence-electron chi connectivity index (χ1n) is 23.2. The van der Waals surface area contributed by atoms with Gasteiger partial charge in [-0.2, -0.15) is 0 Å². The number of aliphatic hydroxyl groups is 5. The van der Waals surface area contributed by atoms with E-state index in [4.69, 9.17) is 28.3 Å². The van der Waals surface area contributed by atoms with Crippen LogP contribution in [0.1, 0.15) is 136 Å². The van der Waals surface area contributed by atoms with E-state index in [2.05, 4.69) is 54.8 Å². The van der Waals surface area contributed by atoms with Crippen molar-refractivity contribution in [2.75, 3.05) is 13.2 Å². The molecule has 0 aromatic rings. The molecule has 1 aliphatic carbocycles. The van der Waals surface area contributed by atoms with Gasteiger partial charge in [0.15, 0.2) is 6.10 Å². The second-order valence-electron chi connectivity index (χ2n) is 15.9. The van der Waals surface area contributed by atoms with Gasteiger partial charge in [0.25, 0.3) is 0 Å². The fraction of sp³-hybridized carbons (Fsp3) is 0.660. The number of phosphoric acid groups is 2. The number of carbonyl (C=O) groups excluding carboxylic acids is 2. The molecule has 5 unspecified atom stereocenters. The van der Waals surface area contributed by atoms with E-state index in [0.717, 1.165) is 83.5 Å². The fourth-order valence-electron chi connectivity index (χ4n) is 6.44. The van der Waals surface area contributed by atoms with Crippen molar-refractivity contribution in [1.82, 2.24) is 0 Å². The first-order chi connectivity index (χ1) is 31.5. The van der Waals surface area contributed by atoms with Crippen molar-refractivity contribution in [3.05, 3.63) is 85.1 Å². The second kappa shape index (κ2) is 37.1. The summed E-state index contributed by atoms with van der Waals surface area (Å²) in [5, 5.41) is 51.1. The summed E-state index contributed by atoms with van der Waals surface area (Å²) >= 11 is 0. The Morgan fingerprint density at radius 2 is 1.12 bits per heavy atom. The zero-order chi connectivity index (χ0) is 49.1. The minimum Gasteiger partial charge on any atom is -0.462 e. The van der Waals surface area contributed by atoms with Gasteiger partial charge in [-0.15, -0.1) is 0 Å². The molecule has 0 aliphatic heterocycles. The molecule has 1 aliphatic rings. The molecule has 0 amide bonds. The molecule has 0 spiro atoms. The Balaban J connectivity index is 2.67. The minimum absolute atomic E-state index is 0.00111. The van der Waals surface area contributed by atoms with Crippen molar-refractivity contribution in [3.63, 3.8) is 0 Å². The van der Waals surface area contributed by atoms with E-state index < -0.39 is 89.6 Å². The number of carbonyl (C=O) groups is 2. The summed E-state index contributed by atoms with van der Waals surface area (Å²) in [6, 6.07) is 0. The molecule has 17 nitrogen and oxygen atoms in total. The highest BCUT2D eigenvalue weighted by atomic mass is 31.2. The normalized spacial score (nSPS) is 22.8. The van der Waals surface area contributed by atoms with Crippen molar-refractivity contribution in [2.45, 2.75) is 185 Å². The van der Waals surface area contributed by atoms with Gasteiger partial charge in [0, 0.05) is 12.8 Å². The van der Waals surface area contributed by atoms with Crippen LogP contribution < -0.4 is 0 Å². The third-order valence-electron chi connectivity index (χ3n) is 10.1. The van der Waals surface area contributed by atoms with Crippen LogP contribution in [0.5, 0.6) is 0 Å². The Morgan fingerprint density at radius 3 is 1.74 bits per heavy atom. The van der Waals surface area contributed by atoms with Crippen LogP contribution in [0.4, 0.5) is 0 Å². The lowest BCUT2D eigenvalue weighted by Crippen LogP contribution is -2.64. The number of ether oxygens (including phenoxy) is 2. The van der Waals surface area contributed by atoms with E-state index in [9.17, 15) is 49.1 Å². The SMILES string of the molecule is CC/C=C\C/C=C\C/C=C\CCCCCCCC(=O)O[C@H](COC(=O)CCC/C=C\C/C=C\C/C=C\C=C\[C@H](O)CCCCC)COP(=O)(O)O[C@H]1C(O)C(O)C(O)[C@@H](OP(=O)(O)O)C1O. The van der Waals surface area contributed by atoms with E-state index in [1.165, 1.54) is 0 Å². The van der Waals surface area contributed by atoms with Gasteiger partial charge < -0.3 is 49.7 Å². The van der Waals surface area contributed by atoms with Crippen molar-refractivity contribution in [2.24, 2.45) is 0 Å². The van der Waals surface area contributed by atoms with Gasteiger partial charge in [0.1, 0.15) is 43.2 Å². The number of esters is 2. The highest BCUT2D eigenvalue weighted by Crippen LogP contribution is 2.49. The zero-order valence-electron chi connectivity index (χ0n) is 38.7. The maximum absolute atomic E-state index is 13.0. The summed E-state index contributed by atoms with van der Waals surface area (Å²) in [5.74, 6) is -1.33. The summed E-state index contributed by atoms with van der Waals surface area (Å²) in [7, 11) is -10.7. The molecule has 0 aromatic heterocycles. The van der Waals surface area contributed by atoms with Crippen molar-refractivity contribution in [3.8, 4) is 0 Å². The van der Waals surface area contributed by atoms with Crippen LogP contribution in [-0.4, -0.2) is 114 Å². The van der Waals surface area contributed by atoms with Gasteiger partial charge in [-0.25, -0.2) is 9.13 Å². The maximum Gasteiger partial charge on any atom is 0.472 e. The van der Waals surface area contributed by atoms with E-state index in [-0.39, 0.29) is 12.8 Å². The number of hydrogen-bond acceptors (Lipinski definition) is 14. The second-order valence-corrected chi connectivity index (χ2v) is 18.5. The van der Waals surface area contributed by atoms with Crippen LogP contribution in [0, 0.1) is 0 Å². The summed E-state index contributed by atoms with van der Waals surface area (Å²) in [6.45, 7) is 2.79. The highest BCUT2D eigenvalue weighted by Gasteiger charge is 2.54. The Bertz CT molecular complexity index is 1620. The summed E-state index contributed by atoms with van der Waals surface area (Å²) in [4.78, 5) is 54.2. The van der Waals surface area contributed by atoms with E-state index in [0.29, 0.717) is 25.7 Å². The van der Waals surface area contributed by atoms with Crippen LogP contribution in [0.2, 0.25) is 0 Å². The number of unbranched alkanes of at least 4 members (excludes halogenated alkanes) is 8. The third kappa shape index (κ3) is 31.2. The summed E-state index contributed by atoms with van der Waals surface area (Å²) in [6.07, 6.45) is 27.3. The minimum atomic E-state index is -5.38. The molecule has 0 aromatic carbocycles. The molecule has 1 rings (SSSR count). The maximum atomic E-state index is 13.0. The molecule has 0 bridgehead atoms. The average molecular weight is 977 g/mol. The van der Waals surface area contributed by atoms with E-state index in [1.807, 2.05) is 42.5 Å². The van der Waals surface area contributed by atoms with Gasteiger partial charge in [-0.05, 0) is 70.6 Å². The molecule has 9 atom stereocenters. The molecule has 8 N–H and O–H groups in total. The molecule has 0 radical (unpaired) electrons. The van der Waals surface area contributed by atoms with E-state index in [1.54, 1.807) is 6.08 Å². The number of allylic oxidation sites excluding steroid dienone is 13. The number of hydrogen-bond donors (Lipinski definition) is 8. The molecule has 19 heteroatoms. The largest absolute Gasteiger partial charge is 0.472 e. The van der Waals surface area contributed by atoms with Gasteiger partial charge in [0.2, 0.25) is 0 Å². The quantitative estimate of drug-likeness (QED) is 0.00979. The van der Waals surface area contributed by atoms with Gasteiger partial charge in [0.05, 0.1) is 12.7 Å². The van der Waals surface area contributed by atoms with Gasteiger partial charge in [-0.1, -0.05) is 137 Å². The smallest absolute Gasteiger partial charge is 0.462 e. The van der Waals surface area contributed by atoms with E-state index >= 15 is 0 Å². The predicted molar refractivity (Wildman–Crippen MR) is 251 cm³/mol. The summed E-state index contributed by atoms with van der Waals surface area (Å²) < 4.78 is 49.2. The zero-order valence-corrected chi connectivity index (χ0v) is 40.5. The molecular weight excluding hydrogens is 898 g/mol. The Labute approximate surface area is 391 Å². The lowest BCUT2D eigenvalue weighted by molar-refractivity contribution is -0.216. The lowest BCUT2D eigenvalue weighted by atomic mass is 9.85. The third-order valence-corrected chi connectivity index (χ3v) is 11.6. The first-order valence-corrected chi connectivity index (χ1v) is 26.3. The van der Waals surface area contributed by atoms with Crippen LogP contribution in [0.15, 0.2) is 85.1 Å². The molecule has 378 valence electrons. The monoisotopic (exact) mass is 976 g/mol. The molecule has 0 saturated heterocycles. The van der Waals surface area contributed by atoms with Crippen molar-refractivity contribution >= 4 is 27.6 Å². The van der Waals surface area contributed by atoms with Crippen LogP contribution in [-0.2, 0) is 41.8 Å². The Hall–Kier alpha value is -2.86.